The van der Waals surface area contributed by atoms with Crippen LogP contribution in [0, 0.1) is 0 Å². The monoisotopic (exact) mass is 236 g/mol. The zero-order valence-electron chi connectivity index (χ0n) is 6.10. The van der Waals surface area contributed by atoms with Gasteiger partial charge < -0.3 is 5.73 Å². The first-order valence-corrected chi connectivity index (χ1v) is 4.35. The maximum Gasteiger partial charge on any atom is 0.282 e. The van der Waals surface area contributed by atoms with Crippen LogP contribution < -0.4 is 5.73 Å². The molecule has 0 amide bonds. The predicted molar refractivity (Wildman–Crippen MR) is 46.2 cm³/mol. The summed E-state index contributed by atoms with van der Waals surface area (Å²) in [6, 6.07) is 1.49. The normalized spacial score (nSPS) is 10.7. The smallest absolute Gasteiger partial charge is 0.282 e. The number of pyridine rings is 1. The van der Waals surface area contributed by atoms with Crippen LogP contribution in [-0.2, 0) is 5.33 Å². The average Bonchev–Trinajstić information content (AvgIpc) is 2.03. The van der Waals surface area contributed by atoms with Gasteiger partial charge in [-0.3, -0.25) is 4.98 Å². The Labute approximate surface area is 76.9 Å². The molecule has 0 saturated heterocycles. The highest BCUT2D eigenvalue weighted by Crippen LogP contribution is 2.23. The number of nitrogens with two attached hydrogens (primary N) is 1. The summed E-state index contributed by atoms with van der Waals surface area (Å²) >= 11 is 3.17. The van der Waals surface area contributed by atoms with Crippen LogP contribution in [0.4, 0.5) is 14.5 Å². The first-order chi connectivity index (χ1) is 5.65. The molecule has 0 aliphatic carbocycles. The van der Waals surface area contributed by atoms with E-state index < -0.39 is 6.43 Å². The molecule has 1 heterocycles. The van der Waals surface area contributed by atoms with Gasteiger partial charge in [0.1, 0.15) is 5.69 Å². The number of halogens is 3. The van der Waals surface area contributed by atoms with E-state index in [0.29, 0.717) is 5.33 Å². The Morgan fingerprint density at radius 1 is 1.58 bits per heavy atom. The fourth-order valence-electron chi connectivity index (χ4n) is 0.793. The molecular formula is C7H7BrF2N2. The maximum absolute atomic E-state index is 12.1. The molecule has 12 heavy (non-hydrogen) atoms. The molecule has 0 unspecified atom stereocenters. The SMILES string of the molecule is Nc1cc(CBr)cnc1C(F)F. The van der Waals surface area contributed by atoms with Crippen LogP contribution in [0.5, 0.6) is 0 Å². The second kappa shape index (κ2) is 3.80. The van der Waals surface area contributed by atoms with Gasteiger partial charge in [-0.1, -0.05) is 15.9 Å². The van der Waals surface area contributed by atoms with Crippen LogP contribution in [0.3, 0.4) is 0 Å². The summed E-state index contributed by atoms with van der Waals surface area (Å²) in [5, 5.41) is 0.563. The molecule has 1 rings (SSSR count). The number of aromatic nitrogens is 1. The van der Waals surface area contributed by atoms with E-state index in [1.54, 1.807) is 0 Å². The minimum atomic E-state index is -2.60. The lowest BCUT2D eigenvalue weighted by atomic mass is 10.2. The summed E-state index contributed by atoms with van der Waals surface area (Å²) in [7, 11) is 0. The zero-order chi connectivity index (χ0) is 9.14. The van der Waals surface area contributed by atoms with Crippen LogP contribution in [0.2, 0.25) is 0 Å². The number of nitrogens with zero attached hydrogens (tertiary/aromatic N) is 1. The molecule has 0 aromatic carbocycles. The topological polar surface area (TPSA) is 38.9 Å². The molecule has 0 atom stereocenters. The molecule has 0 spiro atoms. The van der Waals surface area contributed by atoms with Gasteiger partial charge in [0.05, 0.1) is 5.69 Å². The molecule has 2 N–H and O–H groups in total. The molecular weight excluding hydrogens is 230 g/mol. The number of hydrogen-bond donors (Lipinski definition) is 1. The fraction of sp³-hybridized carbons (Fsp3) is 0.286. The Bertz CT molecular complexity index is 278. The molecule has 0 bridgehead atoms. The Kier molecular flexibility index (Phi) is 2.97. The van der Waals surface area contributed by atoms with Crippen molar-refractivity contribution in [3.8, 4) is 0 Å². The van der Waals surface area contributed by atoms with Gasteiger partial charge in [0, 0.05) is 11.5 Å². The molecule has 0 saturated carbocycles. The molecule has 0 aliphatic heterocycles. The third-order valence-electron chi connectivity index (χ3n) is 1.37. The van der Waals surface area contributed by atoms with Crippen molar-refractivity contribution in [3.63, 3.8) is 0 Å². The fourth-order valence-corrected chi connectivity index (χ4v) is 1.10. The maximum atomic E-state index is 12.1. The van der Waals surface area contributed by atoms with E-state index in [0.717, 1.165) is 5.56 Å². The second-order valence-electron chi connectivity index (χ2n) is 2.25. The largest absolute Gasteiger partial charge is 0.397 e. The van der Waals surface area contributed by atoms with Gasteiger partial charge in [-0.2, -0.15) is 0 Å². The lowest BCUT2D eigenvalue weighted by Crippen LogP contribution is -1.99. The van der Waals surface area contributed by atoms with Gasteiger partial charge in [-0.15, -0.1) is 0 Å². The van der Waals surface area contributed by atoms with Gasteiger partial charge in [0.25, 0.3) is 6.43 Å². The third-order valence-corrected chi connectivity index (χ3v) is 2.01. The highest BCUT2D eigenvalue weighted by atomic mass is 79.9. The van der Waals surface area contributed by atoms with E-state index in [2.05, 4.69) is 20.9 Å². The van der Waals surface area contributed by atoms with E-state index >= 15 is 0 Å². The van der Waals surface area contributed by atoms with Crippen molar-refractivity contribution in [2.24, 2.45) is 0 Å². The Morgan fingerprint density at radius 2 is 2.25 bits per heavy atom. The Hall–Kier alpha value is -0.710. The lowest BCUT2D eigenvalue weighted by Gasteiger charge is -2.03. The van der Waals surface area contributed by atoms with Crippen molar-refractivity contribution in [3.05, 3.63) is 23.5 Å². The van der Waals surface area contributed by atoms with Gasteiger partial charge in [0.2, 0.25) is 0 Å². The van der Waals surface area contributed by atoms with Crippen molar-refractivity contribution in [1.29, 1.82) is 0 Å². The molecule has 1 aromatic rings. The molecule has 66 valence electrons. The van der Waals surface area contributed by atoms with Crippen molar-refractivity contribution in [2.75, 3.05) is 5.73 Å². The first kappa shape index (κ1) is 9.38. The number of anilines is 1. The van der Waals surface area contributed by atoms with Crippen molar-refractivity contribution in [2.45, 2.75) is 11.8 Å². The summed E-state index contributed by atoms with van der Waals surface area (Å²) in [5.41, 5.74) is 5.82. The average molecular weight is 237 g/mol. The quantitative estimate of drug-likeness (QED) is 0.802. The molecule has 0 fully saturated rings. The minimum Gasteiger partial charge on any atom is -0.397 e. The van der Waals surface area contributed by atoms with Crippen molar-refractivity contribution >= 4 is 21.6 Å². The predicted octanol–water partition coefficient (Wildman–Crippen LogP) is 2.50. The number of rotatable bonds is 2. The summed E-state index contributed by atoms with van der Waals surface area (Å²) in [6.45, 7) is 0. The van der Waals surface area contributed by atoms with E-state index in [1.807, 2.05) is 0 Å². The van der Waals surface area contributed by atoms with Crippen LogP contribution in [0.15, 0.2) is 12.3 Å². The van der Waals surface area contributed by atoms with Gasteiger partial charge in [-0.25, -0.2) is 8.78 Å². The molecule has 0 aliphatic rings. The number of nitrogen functional groups attached to an aromatic ring is 1. The Morgan fingerprint density at radius 3 is 2.67 bits per heavy atom. The summed E-state index contributed by atoms with van der Waals surface area (Å²) in [6.07, 6.45) is -1.22. The van der Waals surface area contributed by atoms with Gasteiger partial charge in [-0.05, 0) is 11.6 Å². The highest BCUT2D eigenvalue weighted by molar-refractivity contribution is 9.08. The Balaban J connectivity index is 3.03. The molecule has 5 heteroatoms. The van der Waals surface area contributed by atoms with Crippen molar-refractivity contribution < 1.29 is 8.78 Å². The minimum absolute atomic E-state index is 0.0435. The molecule has 2 nitrogen and oxygen atoms in total. The zero-order valence-corrected chi connectivity index (χ0v) is 7.68. The van der Waals surface area contributed by atoms with Gasteiger partial charge in [0.15, 0.2) is 0 Å². The van der Waals surface area contributed by atoms with E-state index in [4.69, 9.17) is 5.73 Å². The summed E-state index contributed by atoms with van der Waals surface area (Å²) < 4.78 is 24.2. The standard InChI is InChI=1S/C7H7BrF2N2/c8-2-4-1-5(11)6(7(9)10)12-3-4/h1,3,7H,2,11H2. The summed E-state index contributed by atoms with van der Waals surface area (Å²) in [5.74, 6) is 0. The lowest BCUT2D eigenvalue weighted by molar-refractivity contribution is 0.147. The molecule has 1 aromatic heterocycles. The van der Waals surface area contributed by atoms with Crippen LogP contribution in [-0.4, -0.2) is 4.98 Å². The summed E-state index contributed by atoms with van der Waals surface area (Å²) in [4.78, 5) is 3.54. The molecule has 0 radical (unpaired) electrons. The van der Waals surface area contributed by atoms with Crippen LogP contribution in [0.25, 0.3) is 0 Å². The first-order valence-electron chi connectivity index (χ1n) is 3.23. The van der Waals surface area contributed by atoms with E-state index in [1.165, 1.54) is 12.3 Å². The number of alkyl halides is 3. The van der Waals surface area contributed by atoms with Gasteiger partial charge >= 0.3 is 0 Å². The second-order valence-corrected chi connectivity index (χ2v) is 2.81. The van der Waals surface area contributed by atoms with Crippen LogP contribution in [0.1, 0.15) is 17.7 Å². The van der Waals surface area contributed by atoms with Crippen LogP contribution >= 0.6 is 15.9 Å². The van der Waals surface area contributed by atoms with E-state index in [9.17, 15) is 8.78 Å². The number of hydrogen-bond acceptors (Lipinski definition) is 2. The highest BCUT2D eigenvalue weighted by Gasteiger charge is 2.12. The third kappa shape index (κ3) is 1.91. The van der Waals surface area contributed by atoms with Crippen molar-refractivity contribution in [1.82, 2.24) is 4.98 Å². The van der Waals surface area contributed by atoms with E-state index in [-0.39, 0.29) is 11.4 Å².